The van der Waals surface area contributed by atoms with E-state index in [0.717, 1.165) is 17.3 Å². The predicted octanol–water partition coefficient (Wildman–Crippen LogP) is 3.28. The van der Waals surface area contributed by atoms with Crippen LogP contribution in [0.1, 0.15) is 45.2 Å². The van der Waals surface area contributed by atoms with Crippen molar-refractivity contribution < 1.29 is 31.8 Å². The summed E-state index contributed by atoms with van der Waals surface area (Å²) in [6.07, 6.45) is -5.77. The average Bonchev–Trinajstić information content (AvgIpc) is 3.08. The molecule has 0 aliphatic heterocycles. The molecule has 2 aromatic heterocycles. The number of halogens is 4. The SMILES string of the molecule is CCC(C)CC(=O)OCC(CC(F)n1cnc2c(N)nc(C(F)(F)F)nc21)OC. The minimum absolute atomic E-state index is 0.144. The van der Waals surface area contributed by atoms with E-state index < -0.39 is 36.2 Å². The molecule has 12 heteroatoms. The molecule has 0 amide bonds. The smallest absolute Gasteiger partial charge is 0.451 e. The summed E-state index contributed by atoms with van der Waals surface area (Å²) in [4.78, 5) is 22.1. The molecule has 3 atom stereocenters. The number of carbonyl (C=O) groups is 1. The molecule has 2 rings (SSSR count). The van der Waals surface area contributed by atoms with Gasteiger partial charge in [-0.25, -0.2) is 19.3 Å². The van der Waals surface area contributed by atoms with Crippen LogP contribution in [0.5, 0.6) is 0 Å². The number of hydrogen-bond donors (Lipinski definition) is 1. The molecule has 0 bridgehead atoms. The molecule has 29 heavy (non-hydrogen) atoms. The first-order valence-electron chi connectivity index (χ1n) is 8.96. The second kappa shape index (κ2) is 9.33. The normalized spacial score (nSPS) is 15.3. The molecule has 0 aromatic carbocycles. The van der Waals surface area contributed by atoms with Gasteiger partial charge in [0.2, 0.25) is 5.82 Å². The van der Waals surface area contributed by atoms with E-state index in [2.05, 4.69) is 15.0 Å². The maximum Gasteiger partial charge on any atom is 0.451 e. The van der Waals surface area contributed by atoms with Crippen LogP contribution in [-0.4, -0.2) is 45.3 Å². The number of esters is 1. The van der Waals surface area contributed by atoms with Gasteiger partial charge in [0.15, 0.2) is 17.8 Å². The van der Waals surface area contributed by atoms with E-state index in [9.17, 15) is 22.4 Å². The summed E-state index contributed by atoms with van der Waals surface area (Å²) >= 11 is 0. The van der Waals surface area contributed by atoms with Crippen LogP contribution < -0.4 is 5.73 Å². The van der Waals surface area contributed by atoms with Crippen molar-refractivity contribution in [1.82, 2.24) is 19.5 Å². The number of nitrogens with two attached hydrogens (primary N) is 1. The molecule has 0 aliphatic rings. The number of anilines is 1. The van der Waals surface area contributed by atoms with Gasteiger partial charge in [-0.3, -0.25) is 9.36 Å². The van der Waals surface area contributed by atoms with Crippen LogP contribution in [0, 0.1) is 5.92 Å². The quantitative estimate of drug-likeness (QED) is 0.489. The van der Waals surface area contributed by atoms with Crippen molar-refractivity contribution in [3.8, 4) is 0 Å². The van der Waals surface area contributed by atoms with E-state index in [1.165, 1.54) is 7.11 Å². The Kier molecular flexibility index (Phi) is 7.33. The molecular weight excluding hydrogens is 398 g/mol. The highest BCUT2D eigenvalue weighted by atomic mass is 19.4. The molecule has 0 spiro atoms. The van der Waals surface area contributed by atoms with Crippen molar-refractivity contribution in [1.29, 1.82) is 0 Å². The lowest BCUT2D eigenvalue weighted by Gasteiger charge is -2.19. The third-order valence-electron chi connectivity index (χ3n) is 4.44. The molecule has 0 saturated carbocycles. The van der Waals surface area contributed by atoms with E-state index in [0.29, 0.717) is 0 Å². The highest BCUT2D eigenvalue weighted by Gasteiger charge is 2.36. The first-order valence-corrected chi connectivity index (χ1v) is 8.96. The Morgan fingerprint density at radius 3 is 2.62 bits per heavy atom. The fraction of sp³-hybridized carbons (Fsp3) is 0.647. The topological polar surface area (TPSA) is 105 Å². The van der Waals surface area contributed by atoms with Gasteiger partial charge in [0.05, 0.1) is 12.4 Å². The fourth-order valence-electron chi connectivity index (χ4n) is 2.51. The third-order valence-corrected chi connectivity index (χ3v) is 4.44. The molecule has 2 aromatic rings. The van der Waals surface area contributed by atoms with Gasteiger partial charge in [-0.15, -0.1) is 0 Å². The Balaban J connectivity index is 2.12. The maximum absolute atomic E-state index is 14.8. The molecule has 3 unspecified atom stereocenters. The molecular formula is C17H23F4N5O3. The summed E-state index contributed by atoms with van der Waals surface area (Å²) in [5.74, 6) is -2.27. The minimum Gasteiger partial charge on any atom is -0.463 e. The average molecular weight is 421 g/mol. The number of methoxy groups -OCH3 is 1. The summed E-state index contributed by atoms with van der Waals surface area (Å²) in [5.41, 5.74) is 4.96. The first kappa shape index (κ1) is 22.8. The van der Waals surface area contributed by atoms with E-state index in [-0.39, 0.29) is 36.5 Å². The Hall–Kier alpha value is -2.50. The molecule has 2 N–H and O–H groups in total. The lowest BCUT2D eigenvalue weighted by Crippen LogP contribution is -2.24. The highest BCUT2D eigenvalue weighted by Crippen LogP contribution is 2.30. The number of imidazole rings is 1. The number of fused-ring (bicyclic) bond motifs is 1. The van der Waals surface area contributed by atoms with Crippen molar-refractivity contribution in [3.63, 3.8) is 0 Å². The van der Waals surface area contributed by atoms with Crippen molar-refractivity contribution in [2.45, 2.75) is 51.7 Å². The van der Waals surface area contributed by atoms with Crippen molar-refractivity contribution in [3.05, 3.63) is 12.2 Å². The van der Waals surface area contributed by atoms with Crippen LogP contribution in [0.2, 0.25) is 0 Å². The van der Waals surface area contributed by atoms with Crippen LogP contribution in [-0.2, 0) is 20.4 Å². The van der Waals surface area contributed by atoms with E-state index >= 15 is 0 Å². The van der Waals surface area contributed by atoms with Gasteiger partial charge in [-0.05, 0) is 5.92 Å². The second-order valence-electron chi connectivity index (χ2n) is 6.68. The van der Waals surface area contributed by atoms with Crippen LogP contribution in [0.15, 0.2) is 6.33 Å². The first-order chi connectivity index (χ1) is 13.6. The zero-order chi connectivity index (χ0) is 21.8. The van der Waals surface area contributed by atoms with Gasteiger partial charge in [0.25, 0.3) is 0 Å². The van der Waals surface area contributed by atoms with Crippen molar-refractivity contribution >= 4 is 23.0 Å². The Morgan fingerprint density at radius 1 is 1.34 bits per heavy atom. The molecule has 0 radical (unpaired) electrons. The van der Waals surface area contributed by atoms with Crippen LogP contribution in [0.4, 0.5) is 23.4 Å². The number of nitrogen functional groups attached to an aromatic ring is 1. The molecule has 2 heterocycles. The largest absolute Gasteiger partial charge is 0.463 e. The lowest BCUT2D eigenvalue weighted by atomic mass is 10.1. The summed E-state index contributed by atoms with van der Waals surface area (Å²) in [6.45, 7) is 3.66. The molecule has 8 nitrogen and oxygen atoms in total. The second-order valence-corrected chi connectivity index (χ2v) is 6.68. The number of hydrogen-bond acceptors (Lipinski definition) is 7. The summed E-state index contributed by atoms with van der Waals surface area (Å²) in [6, 6.07) is 0. The molecule has 0 saturated heterocycles. The van der Waals surface area contributed by atoms with Gasteiger partial charge in [0.1, 0.15) is 12.1 Å². The van der Waals surface area contributed by atoms with E-state index in [1.54, 1.807) is 0 Å². The van der Waals surface area contributed by atoms with Crippen LogP contribution >= 0.6 is 0 Å². The third kappa shape index (κ3) is 5.75. The zero-order valence-electron chi connectivity index (χ0n) is 16.2. The number of nitrogens with zero attached hydrogens (tertiary/aromatic N) is 4. The van der Waals surface area contributed by atoms with Gasteiger partial charge >= 0.3 is 12.1 Å². The van der Waals surface area contributed by atoms with Crippen molar-refractivity contribution in [2.75, 3.05) is 19.5 Å². The van der Waals surface area contributed by atoms with Gasteiger partial charge in [-0.2, -0.15) is 13.2 Å². The van der Waals surface area contributed by atoms with Crippen LogP contribution in [0.3, 0.4) is 0 Å². The maximum atomic E-state index is 14.8. The molecule has 0 aliphatic carbocycles. The molecule has 162 valence electrons. The Bertz CT molecular complexity index is 842. The summed E-state index contributed by atoms with van der Waals surface area (Å²) in [5, 5.41) is 0. The fourth-order valence-corrected chi connectivity index (χ4v) is 2.51. The number of aromatic nitrogens is 4. The number of ether oxygens (including phenoxy) is 2. The number of alkyl halides is 4. The zero-order valence-corrected chi connectivity index (χ0v) is 16.2. The minimum atomic E-state index is -4.85. The lowest BCUT2D eigenvalue weighted by molar-refractivity contribution is -0.149. The van der Waals surface area contributed by atoms with Crippen molar-refractivity contribution in [2.24, 2.45) is 5.92 Å². The van der Waals surface area contributed by atoms with E-state index in [1.807, 2.05) is 13.8 Å². The predicted molar refractivity (Wildman–Crippen MR) is 95.3 cm³/mol. The number of rotatable bonds is 9. The number of carbonyl (C=O) groups excluding carboxylic acids is 1. The monoisotopic (exact) mass is 421 g/mol. The molecule has 0 fully saturated rings. The van der Waals surface area contributed by atoms with Gasteiger partial charge in [0, 0.05) is 20.0 Å². The Morgan fingerprint density at radius 2 is 2.03 bits per heavy atom. The highest BCUT2D eigenvalue weighted by molar-refractivity contribution is 5.81. The summed E-state index contributed by atoms with van der Waals surface area (Å²) in [7, 11) is 1.31. The summed E-state index contributed by atoms with van der Waals surface area (Å²) < 4.78 is 64.6. The standard InChI is InChI=1S/C17H23F4N5O3/c1-4-9(2)5-12(27)29-7-10(28-3)6-11(18)26-8-23-13-14(22)24-16(17(19,20)21)25-15(13)26/h8-11H,4-7H2,1-3H3,(H2,22,24,25). The van der Waals surface area contributed by atoms with E-state index in [4.69, 9.17) is 15.2 Å². The van der Waals surface area contributed by atoms with Gasteiger partial charge < -0.3 is 15.2 Å². The van der Waals surface area contributed by atoms with Crippen LogP contribution in [0.25, 0.3) is 11.2 Å². The van der Waals surface area contributed by atoms with Gasteiger partial charge in [-0.1, -0.05) is 20.3 Å². The Labute approximate surface area is 164 Å².